The van der Waals surface area contributed by atoms with Crippen molar-refractivity contribution in [3.63, 3.8) is 0 Å². The van der Waals surface area contributed by atoms with Crippen LogP contribution in [0.4, 0.5) is 5.69 Å². The second-order valence-corrected chi connectivity index (χ2v) is 6.98. The zero-order chi connectivity index (χ0) is 18.8. The van der Waals surface area contributed by atoms with Gasteiger partial charge in [0.1, 0.15) is 18.1 Å². The molecular formula is C20H17NO5S. The third-order valence-corrected chi connectivity index (χ3v) is 5.15. The van der Waals surface area contributed by atoms with Crippen LogP contribution in [0.1, 0.15) is 27.0 Å². The van der Waals surface area contributed by atoms with Gasteiger partial charge in [-0.25, -0.2) is 4.79 Å². The number of ether oxygens (including phenoxy) is 3. The summed E-state index contributed by atoms with van der Waals surface area (Å²) in [5.74, 6) is 0.637. The molecule has 7 heteroatoms. The molecule has 1 amide bonds. The van der Waals surface area contributed by atoms with Gasteiger partial charge in [0.25, 0.3) is 5.91 Å². The fraction of sp³-hybridized carbons (Fsp3) is 0.200. The molecule has 27 heavy (non-hydrogen) atoms. The van der Waals surface area contributed by atoms with E-state index in [1.807, 2.05) is 18.2 Å². The number of fused-ring (bicyclic) bond motifs is 2. The van der Waals surface area contributed by atoms with Crippen LogP contribution in [0.25, 0.3) is 10.1 Å². The van der Waals surface area contributed by atoms with E-state index in [9.17, 15) is 9.59 Å². The average Bonchev–Trinajstić information content (AvgIpc) is 3.11. The van der Waals surface area contributed by atoms with Crippen LogP contribution in [0.5, 0.6) is 11.5 Å². The summed E-state index contributed by atoms with van der Waals surface area (Å²) in [5.41, 5.74) is 1.13. The Morgan fingerprint density at radius 1 is 1.07 bits per heavy atom. The highest BCUT2D eigenvalue weighted by Crippen LogP contribution is 2.32. The summed E-state index contributed by atoms with van der Waals surface area (Å²) in [6, 6.07) is 12.4. The van der Waals surface area contributed by atoms with Crippen molar-refractivity contribution in [1.29, 1.82) is 0 Å². The number of carbonyl (C=O) groups excluding carboxylic acids is 2. The largest absolute Gasteiger partial charge is 0.486 e. The third-order valence-electron chi connectivity index (χ3n) is 4.06. The molecule has 138 valence electrons. The normalized spacial score (nSPS) is 12.6. The molecule has 1 aliphatic heterocycles. The molecule has 1 N–H and O–H groups in total. The average molecular weight is 383 g/mol. The summed E-state index contributed by atoms with van der Waals surface area (Å²) in [6.45, 7) is 3.09. The maximum atomic E-state index is 12.6. The predicted molar refractivity (Wildman–Crippen MR) is 103 cm³/mol. The molecule has 2 aromatic carbocycles. The zero-order valence-corrected chi connectivity index (χ0v) is 15.4. The molecule has 6 nitrogen and oxygen atoms in total. The van der Waals surface area contributed by atoms with E-state index in [1.165, 1.54) is 11.3 Å². The molecule has 0 radical (unpaired) electrons. The summed E-state index contributed by atoms with van der Waals surface area (Å²) in [6.07, 6.45) is 0. The maximum Gasteiger partial charge on any atom is 0.348 e. The smallest absolute Gasteiger partial charge is 0.348 e. The van der Waals surface area contributed by atoms with Gasteiger partial charge in [0.2, 0.25) is 0 Å². The Morgan fingerprint density at radius 2 is 1.89 bits per heavy atom. The van der Waals surface area contributed by atoms with Crippen molar-refractivity contribution in [2.24, 2.45) is 0 Å². The predicted octanol–water partition coefficient (Wildman–Crippen LogP) is 4.10. The molecular weight excluding hydrogens is 366 g/mol. The Kier molecular flexibility index (Phi) is 4.68. The Bertz CT molecular complexity index is 1030. The van der Waals surface area contributed by atoms with Crippen molar-refractivity contribution in [1.82, 2.24) is 0 Å². The molecule has 0 aliphatic carbocycles. The summed E-state index contributed by atoms with van der Waals surface area (Å²) in [7, 11) is 0. The van der Waals surface area contributed by atoms with Gasteiger partial charge in [0, 0.05) is 16.0 Å². The van der Waals surface area contributed by atoms with Crippen LogP contribution in [-0.2, 0) is 4.74 Å². The summed E-state index contributed by atoms with van der Waals surface area (Å²) >= 11 is 1.37. The first-order chi connectivity index (χ1) is 13.1. The highest BCUT2D eigenvalue weighted by atomic mass is 32.1. The van der Waals surface area contributed by atoms with E-state index in [1.54, 1.807) is 31.2 Å². The van der Waals surface area contributed by atoms with Gasteiger partial charge in [-0.05, 0) is 54.8 Å². The minimum Gasteiger partial charge on any atom is -0.486 e. The summed E-state index contributed by atoms with van der Waals surface area (Å²) in [5, 5.41) is 3.75. The molecule has 0 bridgehead atoms. The lowest BCUT2D eigenvalue weighted by atomic mass is 10.1. The van der Waals surface area contributed by atoms with Gasteiger partial charge in [-0.15, -0.1) is 11.3 Å². The monoisotopic (exact) mass is 383 g/mol. The van der Waals surface area contributed by atoms with Gasteiger partial charge >= 0.3 is 5.97 Å². The SMILES string of the molecule is CCOC(=O)c1cc2cc(NC(=O)c3ccc4c(c3)OCCO4)ccc2s1. The van der Waals surface area contributed by atoms with E-state index < -0.39 is 0 Å². The fourth-order valence-electron chi connectivity index (χ4n) is 2.81. The number of amides is 1. The van der Waals surface area contributed by atoms with Crippen LogP contribution < -0.4 is 14.8 Å². The molecule has 0 fully saturated rings. The van der Waals surface area contributed by atoms with Crippen molar-refractivity contribution in [2.75, 3.05) is 25.1 Å². The molecule has 4 rings (SSSR count). The first-order valence-corrected chi connectivity index (χ1v) is 9.37. The number of hydrogen-bond acceptors (Lipinski definition) is 6. The maximum absolute atomic E-state index is 12.6. The standard InChI is InChI=1S/C20H17NO5S/c1-2-24-20(23)18-11-13-9-14(4-6-17(13)27-18)21-19(22)12-3-5-15-16(10-12)26-8-7-25-15/h3-6,9-11H,2,7-8H2,1H3,(H,21,22). The van der Waals surface area contributed by atoms with Crippen molar-refractivity contribution in [2.45, 2.75) is 6.92 Å². The molecule has 0 spiro atoms. The van der Waals surface area contributed by atoms with Crippen LogP contribution in [0, 0.1) is 0 Å². The Morgan fingerprint density at radius 3 is 2.70 bits per heavy atom. The van der Waals surface area contributed by atoms with Gasteiger partial charge < -0.3 is 19.5 Å². The van der Waals surface area contributed by atoms with Crippen molar-refractivity contribution >= 4 is 39.0 Å². The Balaban J connectivity index is 1.54. The van der Waals surface area contributed by atoms with E-state index in [-0.39, 0.29) is 11.9 Å². The molecule has 1 aliphatic rings. The molecule has 1 aromatic heterocycles. The number of thiophene rings is 1. The summed E-state index contributed by atoms with van der Waals surface area (Å²) in [4.78, 5) is 25.0. The second kappa shape index (κ2) is 7.28. The van der Waals surface area contributed by atoms with Crippen LogP contribution >= 0.6 is 11.3 Å². The van der Waals surface area contributed by atoms with Crippen LogP contribution in [0.15, 0.2) is 42.5 Å². The van der Waals surface area contributed by atoms with Crippen LogP contribution in [0.3, 0.4) is 0 Å². The highest BCUT2D eigenvalue weighted by molar-refractivity contribution is 7.20. The minimum atomic E-state index is -0.333. The van der Waals surface area contributed by atoms with Crippen LogP contribution in [-0.4, -0.2) is 31.7 Å². The van der Waals surface area contributed by atoms with Crippen molar-refractivity contribution < 1.29 is 23.8 Å². The highest BCUT2D eigenvalue weighted by Gasteiger charge is 2.16. The van der Waals surface area contributed by atoms with Crippen LogP contribution in [0.2, 0.25) is 0 Å². The lowest BCUT2D eigenvalue weighted by Gasteiger charge is -2.18. The number of esters is 1. The molecule has 2 heterocycles. The molecule has 0 saturated heterocycles. The quantitative estimate of drug-likeness (QED) is 0.687. The lowest BCUT2D eigenvalue weighted by molar-refractivity contribution is 0.0532. The first kappa shape index (κ1) is 17.4. The molecule has 0 saturated carbocycles. The number of carbonyl (C=O) groups is 2. The van der Waals surface area contributed by atoms with Crippen molar-refractivity contribution in [3.05, 3.63) is 52.9 Å². The number of benzene rings is 2. The Hall–Kier alpha value is -3.06. The summed E-state index contributed by atoms with van der Waals surface area (Å²) < 4.78 is 17.0. The molecule has 0 unspecified atom stereocenters. The first-order valence-electron chi connectivity index (χ1n) is 8.56. The van der Waals surface area contributed by atoms with Gasteiger partial charge in [-0.1, -0.05) is 0 Å². The Labute approximate surface area is 159 Å². The van der Waals surface area contributed by atoms with E-state index >= 15 is 0 Å². The third kappa shape index (κ3) is 3.59. The molecule has 3 aromatic rings. The van der Waals surface area contributed by atoms with E-state index in [0.717, 1.165) is 10.1 Å². The fourth-order valence-corrected chi connectivity index (χ4v) is 3.75. The number of hydrogen-bond donors (Lipinski definition) is 1. The molecule has 0 atom stereocenters. The van der Waals surface area contributed by atoms with Gasteiger partial charge in [-0.2, -0.15) is 0 Å². The van der Waals surface area contributed by atoms with E-state index in [4.69, 9.17) is 14.2 Å². The van der Waals surface area contributed by atoms with E-state index in [2.05, 4.69) is 5.32 Å². The van der Waals surface area contributed by atoms with E-state index in [0.29, 0.717) is 47.4 Å². The number of rotatable bonds is 4. The lowest BCUT2D eigenvalue weighted by Crippen LogP contribution is -2.17. The van der Waals surface area contributed by atoms with Gasteiger partial charge in [0.05, 0.1) is 6.61 Å². The number of nitrogens with one attached hydrogen (secondary N) is 1. The topological polar surface area (TPSA) is 73.9 Å². The minimum absolute atomic E-state index is 0.243. The van der Waals surface area contributed by atoms with Crippen molar-refractivity contribution in [3.8, 4) is 11.5 Å². The second-order valence-electron chi connectivity index (χ2n) is 5.90. The van der Waals surface area contributed by atoms with Gasteiger partial charge in [-0.3, -0.25) is 4.79 Å². The zero-order valence-electron chi connectivity index (χ0n) is 14.6. The number of anilines is 1. The van der Waals surface area contributed by atoms with Gasteiger partial charge in [0.15, 0.2) is 11.5 Å².